The molecule has 1 atom stereocenters. The number of carbonyl (C=O) groups excluding carboxylic acids is 1. The van der Waals surface area contributed by atoms with Crippen LogP contribution >= 0.6 is 0 Å². The van der Waals surface area contributed by atoms with Gasteiger partial charge >= 0.3 is 0 Å². The summed E-state index contributed by atoms with van der Waals surface area (Å²) in [6.07, 6.45) is -1.29. The van der Waals surface area contributed by atoms with Crippen molar-refractivity contribution in [2.24, 2.45) is 0 Å². The Morgan fingerprint density at radius 2 is 2.19 bits per heavy atom. The van der Waals surface area contributed by atoms with Gasteiger partial charge in [-0.05, 0) is 6.92 Å². The molecule has 1 aromatic carbocycles. The van der Waals surface area contributed by atoms with Gasteiger partial charge in [0.2, 0.25) is 0 Å². The molecule has 0 aliphatic heterocycles. The molecule has 2 aromatic rings. The number of nitrogens with zero attached hydrogens (tertiary/aromatic N) is 2. The van der Waals surface area contributed by atoms with Crippen LogP contribution in [0.15, 0.2) is 47.0 Å². The van der Waals surface area contributed by atoms with Gasteiger partial charge in [0.05, 0.1) is 4.92 Å². The van der Waals surface area contributed by atoms with Crippen molar-refractivity contribution in [1.29, 1.82) is 0 Å². The number of aliphatic hydroxyl groups excluding tert-OH is 1. The third kappa shape index (κ3) is 3.03. The van der Waals surface area contributed by atoms with E-state index < -0.39 is 11.0 Å². The third-order valence-electron chi connectivity index (χ3n) is 2.93. The second kappa shape index (κ2) is 5.68. The minimum Gasteiger partial charge on any atom is -0.380 e. The normalized spacial score (nSPS) is 11.9. The Hall–Kier alpha value is -2.80. The molecule has 0 aliphatic carbocycles. The van der Waals surface area contributed by atoms with Crippen molar-refractivity contribution in [3.05, 3.63) is 58.4 Å². The van der Waals surface area contributed by atoms with Crippen LogP contribution in [0.4, 0.5) is 5.69 Å². The Kier molecular flexibility index (Phi) is 3.95. The molecule has 0 amide bonds. The Balaban J connectivity index is 2.32. The van der Waals surface area contributed by atoms with Crippen LogP contribution in [0.3, 0.4) is 0 Å². The molecule has 1 heterocycles. The molecule has 1 aromatic heterocycles. The molecule has 7 heteroatoms. The summed E-state index contributed by atoms with van der Waals surface area (Å²) in [6, 6.07) is 7.26. The molecule has 0 saturated heterocycles. The maximum atomic E-state index is 11.2. The number of nitro benzene ring substituents is 1. The van der Waals surface area contributed by atoms with E-state index in [1.54, 1.807) is 6.07 Å². The molecule has 0 aliphatic rings. The molecule has 1 N–H and O–H groups in total. The monoisotopic (exact) mass is 288 g/mol. The van der Waals surface area contributed by atoms with E-state index in [4.69, 9.17) is 4.52 Å². The largest absolute Gasteiger partial charge is 0.380 e. The third-order valence-corrected chi connectivity index (χ3v) is 2.93. The SMILES string of the molecule is C=C(C(C)=O)C(O)c1cc(-c2cccc([N+](=O)[O-])c2)no1. The first kappa shape index (κ1) is 14.6. The molecule has 0 saturated carbocycles. The number of benzene rings is 1. The number of carbonyl (C=O) groups is 1. The van der Waals surface area contributed by atoms with E-state index in [0.717, 1.165) is 0 Å². The lowest BCUT2D eigenvalue weighted by molar-refractivity contribution is -0.384. The highest BCUT2D eigenvalue weighted by molar-refractivity contribution is 5.93. The van der Waals surface area contributed by atoms with Gasteiger partial charge in [0.1, 0.15) is 11.8 Å². The topological polar surface area (TPSA) is 106 Å². The zero-order valence-corrected chi connectivity index (χ0v) is 11.1. The Bertz CT molecular complexity index is 720. The number of ketones is 1. The zero-order chi connectivity index (χ0) is 15.6. The van der Waals surface area contributed by atoms with Crippen molar-refractivity contribution in [2.75, 3.05) is 0 Å². The van der Waals surface area contributed by atoms with Crippen molar-refractivity contribution in [2.45, 2.75) is 13.0 Å². The minimum atomic E-state index is -1.29. The number of non-ortho nitro benzene ring substituents is 1. The highest BCUT2D eigenvalue weighted by atomic mass is 16.6. The second-order valence-electron chi connectivity index (χ2n) is 4.41. The number of Topliss-reactive ketones (excluding diaryl/α,β-unsaturated/α-hetero) is 1. The lowest BCUT2D eigenvalue weighted by Crippen LogP contribution is -2.06. The fourth-order valence-electron chi connectivity index (χ4n) is 1.70. The number of aromatic nitrogens is 1. The van der Waals surface area contributed by atoms with Crippen LogP contribution < -0.4 is 0 Å². The van der Waals surface area contributed by atoms with Crippen LogP contribution in [0.5, 0.6) is 0 Å². The predicted molar refractivity (Wildman–Crippen MR) is 73.4 cm³/mol. The highest BCUT2D eigenvalue weighted by Gasteiger charge is 2.21. The molecule has 2 rings (SSSR count). The van der Waals surface area contributed by atoms with E-state index in [-0.39, 0.29) is 22.8 Å². The summed E-state index contributed by atoms with van der Waals surface area (Å²) in [5.74, 6) is -0.312. The number of hydrogen-bond donors (Lipinski definition) is 1. The first-order valence-corrected chi connectivity index (χ1v) is 5.99. The Morgan fingerprint density at radius 1 is 1.48 bits per heavy atom. The average Bonchev–Trinajstić information content (AvgIpc) is 2.95. The van der Waals surface area contributed by atoms with Crippen molar-refractivity contribution < 1.29 is 19.3 Å². The van der Waals surface area contributed by atoms with E-state index in [2.05, 4.69) is 11.7 Å². The summed E-state index contributed by atoms with van der Waals surface area (Å²) in [5.41, 5.74) is 0.700. The average molecular weight is 288 g/mol. The molecule has 1 unspecified atom stereocenters. The standard InChI is InChI=1S/C14H12N2O5/c1-8(9(2)17)14(18)13-7-12(15-21-13)10-4-3-5-11(6-10)16(19)20/h3-7,14,18H,1H2,2H3. The number of rotatable bonds is 5. The fourth-order valence-corrected chi connectivity index (χ4v) is 1.70. The van der Waals surface area contributed by atoms with Gasteiger partial charge < -0.3 is 9.63 Å². The summed E-state index contributed by atoms with van der Waals surface area (Å²) in [4.78, 5) is 21.4. The lowest BCUT2D eigenvalue weighted by atomic mass is 10.0. The number of hydrogen-bond acceptors (Lipinski definition) is 6. The minimum absolute atomic E-state index is 0.0169. The molecular formula is C14H12N2O5. The van der Waals surface area contributed by atoms with E-state index in [1.807, 2.05) is 0 Å². The predicted octanol–water partition coefficient (Wildman–Crippen LogP) is 2.43. The molecule has 21 heavy (non-hydrogen) atoms. The summed E-state index contributed by atoms with van der Waals surface area (Å²) in [5, 5.41) is 24.4. The van der Waals surface area contributed by atoms with Gasteiger partial charge in [-0.3, -0.25) is 14.9 Å². The van der Waals surface area contributed by atoms with Crippen LogP contribution in [-0.4, -0.2) is 21.0 Å². The smallest absolute Gasteiger partial charge is 0.270 e. The molecule has 0 fully saturated rings. The van der Waals surface area contributed by atoms with Gasteiger partial charge in [0, 0.05) is 29.3 Å². The van der Waals surface area contributed by atoms with Crippen molar-refractivity contribution in [1.82, 2.24) is 5.16 Å². The maximum absolute atomic E-state index is 11.2. The molecule has 0 bridgehead atoms. The quantitative estimate of drug-likeness (QED) is 0.514. The number of aliphatic hydroxyl groups is 1. The second-order valence-corrected chi connectivity index (χ2v) is 4.41. The zero-order valence-electron chi connectivity index (χ0n) is 11.1. The van der Waals surface area contributed by atoms with Crippen molar-refractivity contribution in [3.63, 3.8) is 0 Å². The summed E-state index contributed by atoms with van der Waals surface area (Å²) in [7, 11) is 0. The van der Waals surface area contributed by atoms with Gasteiger partial charge in [-0.2, -0.15) is 0 Å². The Morgan fingerprint density at radius 3 is 2.81 bits per heavy atom. The molecule has 0 radical (unpaired) electrons. The summed E-state index contributed by atoms with van der Waals surface area (Å²) in [6.45, 7) is 4.75. The summed E-state index contributed by atoms with van der Waals surface area (Å²) < 4.78 is 4.97. The molecule has 0 spiro atoms. The fraction of sp³-hybridized carbons (Fsp3) is 0.143. The van der Waals surface area contributed by atoms with Gasteiger partial charge in [-0.1, -0.05) is 23.9 Å². The van der Waals surface area contributed by atoms with Crippen LogP contribution in [0.1, 0.15) is 18.8 Å². The van der Waals surface area contributed by atoms with E-state index in [0.29, 0.717) is 11.3 Å². The molecular weight excluding hydrogens is 276 g/mol. The van der Waals surface area contributed by atoms with Crippen LogP contribution in [0.2, 0.25) is 0 Å². The van der Waals surface area contributed by atoms with Crippen LogP contribution in [0.25, 0.3) is 11.3 Å². The first-order valence-electron chi connectivity index (χ1n) is 5.99. The highest BCUT2D eigenvalue weighted by Crippen LogP contribution is 2.27. The lowest BCUT2D eigenvalue weighted by Gasteiger charge is -2.06. The number of nitro groups is 1. The van der Waals surface area contributed by atoms with Crippen molar-refractivity contribution >= 4 is 11.5 Å². The van der Waals surface area contributed by atoms with Gasteiger partial charge in [-0.15, -0.1) is 0 Å². The summed E-state index contributed by atoms with van der Waals surface area (Å²) >= 11 is 0. The first-order chi connectivity index (χ1) is 9.90. The van der Waals surface area contributed by atoms with Gasteiger partial charge in [0.25, 0.3) is 5.69 Å². The van der Waals surface area contributed by atoms with Crippen molar-refractivity contribution in [3.8, 4) is 11.3 Å². The Labute approximate surface area is 119 Å². The molecule has 108 valence electrons. The van der Waals surface area contributed by atoms with Crippen LogP contribution in [0, 0.1) is 10.1 Å². The van der Waals surface area contributed by atoms with Gasteiger partial charge in [0.15, 0.2) is 11.5 Å². The van der Waals surface area contributed by atoms with Crippen LogP contribution in [-0.2, 0) is 4.79 Å². The van der Waals surface area contributed by atoms with Gasteiger partial charge in [-0.25, -0.2) is 0 Å². The van der Waals surface area contributed by atoms with E-state index in [9.17, 15) is 20.0 Å². The van der Waals surface area contributed by atoms with E-state index in [1.165, 1.54) is 31.2 Å². The molecule has 7 nitrogen and oxygen atoms in total. The maximum Gasteiger partial charge on any atom is 0.270 e. The van der Waals surface area contributed by atoms with E-state index >= 15 is 0 Å².